The molecule has 1 aromatic carbocycles. The molecular weight excluding hydrogens is 260 g/mol. The fourth-order valence-electron chi connectivity index (χ4n) is 3.96. The highest BCUT2D eigenvalue weighted by Crippen LogP contribution is 2.36. The van der Waals surface area contributed by atoms with Crippen LogP contribution in [0.5, 0.6) is 5.75 Å². The van der Waals surface area contributed by atoms with Gasteiger partial charge in [0.15, 0.2) is 0 Å². The van der Waals surface area contributed by atoms with E-state index in [-0.39, 0.29) is 0 Å². The van der Waals surface area contributed by atoms with Gasteiger partial charge in [-0.25, -0.2) is 0 Å². The van der Waals surface area contributed by atoms with Gasteiger partial charge >= 0.3 is 0 Å². The molecule has 0 unspecified atom stereocenters. The summed E-state index contributed by atoms with van der Waals surface area (Å²) in [6, 6.07) is 8.51. The largest absolute Gasteiger partial charge is 0.492 e. The van der Waals surface area contributed by atoms with E-state index in [0.717, 1.165) is 25.4 Å². The summed E-state index contributed by atoms with van der Waals surface area (Å²) in [6.07, 6.45) is 5.29. The normalized spacial score (nSPS) is 22.1. The molecule has 3 nitrogen and oxygen atoms in total. The third kappa shape index (κ3) is 3.58. The molecular formula is C18H28N2O. The van der Waals surface area contributed by atoms with Crippen molar-refractivity contribution in [1.29, 1.82) is 0 Å². The van der Waals surface area contributed by atoms with Crippen LogP contribution >= 0.6 is 0 Å². The zero-order valence-corrected chi connectivity index (χ0v) is 13.2. The summed E-state index contributed by atoms with van der Waals surface area (Å²) in [4.78, 5) is 2.62. The zero-order chi connectivity index (χ0) is 14.5. The molecule has 0 radical (unpaired) electrons. The van der Waals surface area contributed by atoms with E-state index in [2.05, 4.69) is 41.4 Å². The van der Waals surface area contributed by atoms with E-state index in [1.165, 1.54) is 50.9 Å². The number of ether oxygens (including phenoxy) is 1. The van der Waals surface area contributed by atoms with Crippen molar-refractivity contribution in [1.82, 2.24) is 10.2 Å². The lowest BCUT2D eigenvalue weighted by Crippen LogP contribution is -2.45. The van der Waals surface area contributed by atoms with Gasteiger partial charge in [0.1, 0.15) is 12.4 Å². The van der Waals surface area contributed by atoms with Gasteiger partial charge in [-0.1, -0.05) is 31.5 Å². The van der Waals surface area contributed by atoms with Gasteiger partial charge in [0, 0.05) is 25.2 Å². The first-order valence-corrected chi connectivity index (χ1v) is 8.45. The number of hydrogen-bond acceptors (Lipinski definition) is 3. The summed E-state index contributed by atoms with van der Waals surface area (Å²) in [6.45, 7) is 8.81. The number of fused-ring (bicyclic) bond motifs is 1. The number of para-hydroxylation sites is 1. The lowest BCUT2D eigenvalue weighted by molar-refractivity contribution is 0.0919. The average molecular weight is 288 g/mol. The van der Waals surface area contributed by atoms with Gasteiger partial charge < -0.3 is 10.1 Å². The molecule has 21 heavy (non-hydrogen) atoms. The third-order valence-electron chi connectivity index (χ3n) is 5.04. The van der Waals surface area contributed by atoms with Crippen LogP contribution in [0.3, 0.4) is 0 Å². The SMILES string of the molecule is CCCC1(CN2CCOc3ccccc3C2)CCNCC1. The van der Waals surface area contributed by atoms with Crippen molar-refractivity contribution in [2.45, 2.75) is 39.2 Å². The van der Waals surface area contributed by atoms with Gasteiger partial charge in [-0.2, -0.15) is 0 Å². The molecule has 1 N–H and O–H groups in total. The molecule has 1 saturated heterocycles. The van der Waals surface area contributed by atoms with Crippen molar-refractivity contribution in [2.24, 2.45) is 5.41 Å². The lowest BCUT2D eigenvalue weighted by atomic mass is 9.75. The maximum absolute atomic E-state index is 5.91. The number of piperidine rings is 1. The first kappa shape index (κ1) is 14.9. The van der Waals surface area contributed by atoms with Crippen molar-refractivity contribution in [3.05, 3.63) is 29.8 Å². The topological polar surface area (TPSA) is 24.5 Å². The molecule has 3 heteroatoms. The van der Waals surface area contributed by atoms with Crippen molar-refractivity contribution >= 4 is 0 Å². The van der Waals surface area contributed by atoms with Crippen molar-refractivity contribution in [3.63, 3.8) is 0 Å². The predicted molar refractivity (Wildman–Crippen MR) is 86.7 cm³/mol. The summed E-state index contributed by atoms with van der Waals surface area (Å²) >= 11 is 0. The van der Waals surface area contributed by atoms with Crippen LogP contribution in [0.15, 0.2) is 24.3 Å². The highest BCUT2D eigenvalue weighted by molar-refractivity contribution is 5.33. The Kier molecular flexibility index (Phi) is 4.81. The Hall–Kier alpha value is -1.06. The van der Waals surface area contributed by atoms with Gasteiger partial charge in [-0.3, -0.25) is 4.90 Å². The minimum atomic E-state index is 0.513. The quantitative estimate of drug-likeness (QED) is 0.921. The standard InChI is InChI=1S/C18H28N2O/c1-2-7-18(8-10-19-11-9-18)15-20-12-13-21-17-6-4-3-5-16(17)14-20/h3-6,19H,2,7-15H2,1H3. The summed E-state index contributed by atoms with van der Waals surface area (Å²) < 4.78 is 5.91. The van der Waals surface area contributed by atoms with E-state index >= 15 is 0 Å². The fraction of sp³-hybridized carbons (Fsp3) is 0.667. The van der Waals surface area contributed by atoms with Crippen LogP contribution < -0.4 is 10.1 Å². The Labute approximate surface area is 128 Å². The zero-order valence-electron chi connectivity index (χ0n) is 13.2. The number of nitrogens with zero attached hydrogens (tertiary/aromatic N) is 1. The average Bonchev–Trinajstić information content (AvgIpc) is 2.70. The Balaban J connectivity index is 1.71. The molecule has 0 saturated carbocycles. The van der Waals surface area contributed by atoms with Gasteiger partial charge in [-0.05, 0) is 43.8 Å². The maximum Gasteiger partial charge on any atom is 0.123 e. The molecule has 3 rings (SSSR count). The Bertz CT molecular complexity index is 449. The van der Waals surface area contributed by atoms with Gasteiger partial charge in [0.05, 0.1) is 0 Å². The summed E-state index contributed by atoms with van der Waals surface area (Å²) in [5.41, 5.74) is 1.86. The minimum absolute atomic E-state index is 0.513. The Morgan fingerprint density at radius 3 is 2.86 bits per heavy atom. The molecule has 0 aromatic heterocycles. The number of rotatable bonds is 4. The highest BCUT2D eigenvalue weighted by Gasteiger charge is 2.33. The second kappa shape index (κ2) is 6.80. The summed E-state index contributed by atoms with van der Waals surface area (Å²) in [5, 5.41) is 3.52. The fourth-order valence-corrected chi connectivity index (χ4v) is 3.96. The van der Waals surface area contributed by atoms with Crippen molar-refractivity contribution < 1.29 is 4.74 Å². The molecule has 0 spiro atoms. The monoisotopic (exact) mass is 288 g/mol. The van der Waals surface area contributed by atoms with Gasteiger partial charge in [-0.15, -0.1) is 0 Å². The minimum Gasteiger partial charge on any atom is -0.492 e. The third-order valence-corrected chi connectivity index (χ3v) is 5.04. The van der Waals surface area contributed by atoms with Crippen molar-refractivity contribution in [3.8, 4) is 5.75 Å². The first-order chi connectivity index (χ1) is 10.3. The van der Waals surface area contributed by atoms with E-state index in [1.807, 2.05) is 0 Å². The molecule has 0 atom stereocenters. The van der Waals surface area contributed by atoms with Crippen LogP contribution in [0.2, 0.25) is 0 Å². The number of nitrogens with one attached hydrogen (secondary N) is 1. The van der Waals surface area contributed by atoms with Crippen LogP contribution in [-0.2, 0) is 6.54 Å². The molecule has 2 heterocycles. The van der Waals surface area contributed by atoms with E-state index in [9.17, 15) is 0 Å². The highest BCUT2D eigenvalue weighted by atomic mass is 16.5. The first-order valence-electron chi connectivity index (χ1n) is 8.45. The maximum atomic E-state index is 5.91. The molecule has 2 aliphatic rings. The second-order valence-electron chi connectivity index (χ2n) is 6.67. The number of benzene rings is 1. The van der Waals surface area contributed by atoms with Crippen molar-refractivity contribution in [2.75, 3.05) is 32.8 Å². The van der Waals surface area contributed by atoms with Gasteiger partial charge in [0.2, 0.25) is 0 Å². The summed E-state index contributed by atoms with van der Waals surface area (Å²) in [7, 11) is 0. The Morgan fingerprint density at radius 2 is 2.05 bits per heavy atom. The van der Waals surface area contributed by atoms with E-state index in [1.54, 1.807) is 0 Å². The van der Waals surface area contributed by atoms with Crippen LogP contribution in [0, 0.1) is 5.41 Å². The van der Waals surface area contributed by atoms with E-state index in [0.29, 0.717) is 5.41 Å². The molecule has 2 aliphatic heterocycles. The van der Waals surface area contributed by atoms with E-state index < -0.39 is 0 Å². The van der Waals surface area contributed by atoms with Gasteiger partial charge in [0.25, 0.3) is 0 Å². The van der Waals surface area contributed by atoms with Crippen LogP contribution in [0.1, 0.15) is 38.2 Å². The lowest BCUT2D eigenvalue weighted by Gasteiger charge is -2.41. The smallest absolute Gasteiger partial charge is 0.123 e. The number of hydrogen-bond donors (Lipinski definition) is 1. The van der Waals surface area contributed by atoms with Crippen LogP contribution in [0.25, 0.3) is 0 Å². The van der Waals surface area contributed by atoms with E-state index in [4.69, 9.17) is 4.74 Å². The molecule has 0 bridgehead atoms. The molecule has 0 amide bonds. The molecule has 0 aliphatic carbocycles. The Morgan fingerprint density at radius 1 is 1.24 bits per heavy atom. The summed E-state index contributed by atoms with van der Waals surface area (Å²) in [5.74, 6) is 1.08. The molecule has 116 valence electrons. The van der Waals surface area contributed by atoms with Crippen LogP contribution in [-0.4, -0.2) is 37.7 Å². The molecule has 1 aromatic rings. The molecule has 1 fully saturated rings. The van der Waals surface area contributed by atoms with Crippen LogP contribution in [0.4, 0.5) is 0 Å². The second-order valence-corrected chi connectivity index (χ2v) is 6.67. The predicted octanol–water partition coefficient (Wildman–Crippen LogP) is 3.05.